The maximum atomic E-state index is 2.46. The molecule has 0 fully saturated rings. The van der Waals surface area contributed by atoms with Crippen LogP contribution in [0.15, 0.2) is 176 Å². The van der Waals surface area contributed by atoms with Gasteiger partial charge in [-0.25, -0.2) is 0 Å². The van der Waals surface area contributed by atoms with Gasteiger partial charge in [-0.1, -0.05) is 115 Å². The molecule has 0 spiro atoms. The van der Waals surface area contributed by atoms with Gasteiger partial charge >= 0.3 is 0 Å². The van der Waals surface area contributed by atoms with Crippen molar-refractivity contribution in [3.05, 3.63) is 187 Å². The monoisotopic (exact) mass is 616 g/mol. The summed E-state index contributed by atoms with van der Waals surface area (Å²) in [5.41, 5.74) is 12.7. The highest BCUT2D eigenvalue weighted by molar-refractivity contribution is 6.00. The first-order valence-corrected chi connectivity index (χ1v) is 17.1. The second-order valence-electron chi connectivity index (χ2n) is 12.8. The van der Waals surface area contributed by atoms with Crippen molar-refractivity contribution >= 4 is 50.0 Å². The van der Waals surface area contributed by atoms with Gasteiger partial charge in [0.15, 0.2) is 0 Å². The average molecular weight is 617 g/mol. The average Bonchev–Trinajstić information content (AvgIpc) is 3.16. The molecule has 0 aromatic heterocycles. The van der Waals surface area contributed by atoms with E-state index in [-0.39, 0.29) is 0 Å². The molecule has 2 nitrogen and oxygen atoms in total. The normalized spacial score (nSPS) is 13.5. The van der Waals surface area contributed by atoms with Crippen LogP contribution in [-0.2, 0) is 12.8 Å². The third-order valence-electron chi connectivity index (χ3n) is 9.91. The third kappa shape index (κ3) is 4.98. The molecule has 0 bridgehead atoms. The Bertz CT molecular complexity index is 2350. The first kappa shape index (κ1) is 28.4. The summed E-state index contributed by atoms with van der Waals surface area (Å²) in [4.78, 5) is 4.87. The fraction of sp³-hybridized carbons (Fsp3) is 0.0870. The molecular formula is C46H36N2. The Morgan fingerprint density at radius 1 is 0.417 bits per heavy atom. The second kappa shape index (κ2) is 12.1. The fourth-order valence-corrected chi connectivity index (χ4v) is 7.65. The van der Waals surface area contributed by atoms with Gasteiger partial charge in [-0.15, -0.1) is 0 Å². The molecule has 0 unspecified atom stereocenters. The molecule has 9 rings (SSSR count). The zero-order valence-electron chi connectivity index (χ0n) is 26.9. The number of allylic oxidation sites excluding steroid dienone is 3. The Kier molecular flexibility index (Phi) is 7.13. The van der Waals surface area contributed by atoms with E-state index in [1.807, 2.05) is 0 Å². The van der Waals surface area contributed by atoms with Crippen LogP contribution in [0.5, 0.6) is 0 Å². The van der Waals surface area contributed by atoms with Gasteiger partial charge in [0.05, 0.1) is 11.4 Å². The van der Waals surface area contributed by atoms with E-state index in [1.165, 1.54) is 72.2 Å². The van der Waals surface area contributed by atoms with Crippen LogP contribution in [0.25, 0.3) is 32.7 Å². The van der Waals surface area contributed by atoms with Crippen molar-refractivity contribution in [2.75, 3.05) is 9.80 Å². The van der Waals surface area contributed by atoms with E-state index in [0.29, 0.717) is 0 Å². The fourth-order valence-electron chi connectivity index (χ4n) is 7.65. The first-order valence-electron chi connectivity index (χ1n) is 17.1. The molecule has 230 valence electrons. The number of fused-ring (bicyclic) bond motifs is 5. The summed E-state index contributed by atoms with van der Waals surface area (Å²) in [7, 11) is 0. The van der Waals surface area contributed by atoms with Crippen LogP contribution < -0.4 is 9.80 Å². The summed E-state index contributed by atoms with van der Waals surface area (Å²) in [5, 5.41) is 5.02. The minimum atomic E-state index is 1.01. The Morgan fingerprint density at radius 2 is 0.958 bits per heavy atom. The smallest absolute Gasteiger partial charge is 0.0540 e. The molecule has 0 saturated heterocycles. The van der Waals surface area contributed by atoms with Gasteiger partial charge in [-0.05, 0) is 113 Å². The van der Waals surface area contributed by atoms with Gasteiger partial charge in [0.2, 0.25) is 0 Å². The highest BCUT2D eigenvalue weighted by Gasteiger charge is 2.23. The predicted molar refractivity (Wildman–Crippen MR) is 204 cm³/mol. The number of rotatable bonds is 6. The van der Waals surface area contributed by atoms with E-state index in [9.17, 15) is 0 Å². The van der Waals surface area contributed by atoms with Crippen LogP contribution in [0, 0.1) is 0 Å². The van der Waals surface area contributed by atoms with Crippen LogP contribution in [0.4, 0.5) is 28.4 Å². The molecule has 0 radical (unpaired) electrons. The maximum absolute atomic E-state index is 2.46. The minimum absolute atomic E-state index is 1.01. The molecule has 0 heterocycles. The molecular weight excluding hydrogens is 581 g/mol. The van der Waals surface area contributed by atoms with Gasteiger partial charge in [0.25, 0.3) is 0 Å². The lowest BCUT2D eigenvalue weighted by Crippen LogP contribution is -2.17. The van der Waals surface area contributed by atoms with Crippen LogP contribution >= 0.6 is 0 Å². The number of nitrogens with zero attached hydrogens (tertiary/aromatic N) is 2. The summed E-state index contributed by atoms with van der Waals surface area (Å²) >= 11 is 0. The minimum Gasteiger partial charge on any atom is -0.310 e. The molecule has 48 heavy (non-hydrogen) atoms. The highest BCUT2D eigenvalue weighted by Crippen LogP contribution is 2.44. The van der Waals surface area contributed by atoms with E-state index >= 15 is 0 Å². The summed E-state index contributed by atoms with van der Waals surface area (Å²) in [6.45, 7) is 0. The van der Waals surface area contributed by atoms with Gasteiger partial charge in [0.1, 0.15) is 0 Å². The molecule has 0 N–H and O–H groups in total. The lowest BCUT2D eigenvalue weighted by atomic mass is 9.84. The van der Waals surface area contributed by atoms with Crippen LogP contribution in [0.2, 0.25) is 0 Å². The van der Waals surface area contributed by atoms with E-state index in [1.54, 1.807) is 0 Å². The van der Waals surface area contributed by atoms with Crippen molar-refractivity contribution < 1.29 is 0 Å². The van der Waals surface area contributed by atoms with Crippen LogP contribution in [0.3, 0.4) is 0 Å². The third-order valence-corrected chi connectivity index (χ3v) is 9.91. The lowest BCUT2D eigenvalue weighted by molar-refractivity contribution is 0.939. The molecule has 0 atom stereocenters. The molecule has 0 amide bonds. The standard InChI is InChI=1S/C46H36N2/c1-3-17-37(18-4-1)47(45-23-11-15-33-13-7-9-21-43(33)45)39-27-29-41-35(31-39)25-26-36-32-40(28-30-42(36)41)48(38-19-5-2-6-20-38)46-24-12-16-34-14-8-10-22-44(34)46/h1,3-5,7-24,27-32H,2,6,25-26H2. The number of anilines is 5. The van der Waals surface area contributed by atoms with Gasteiger partial charge in [0, 0.05) is 33.5 Å². The number of para-hydroxylation sites is 1. The quantitative estimate of drug-likeness (QED) is 0.183. The first-order chi connectivity index (χ1) is 23.8. The van der Waals surface area contributed by atoms with Crippen LogP contribution in [-0.4, -0.2) is 0 Å². The SMILES string of the molecule is C1=CC(N(c2ccc3c(c2)CCc2cc(N(c4ccccc4)c4cccc5ccccc45)ccc2-3)c2cccc3ccccc23)=CCC1. The molecule has 2 aliphatic rings. The zero-order valence-corrected chi connectivity index (χ0v) is 26.9. The second-order valence-corrected chi connectivity index (χ2v) is 12.8. The van der Waals surface area contributed by atoms with Crippen molar-refractivity contribution in [3.8, 4) is 11.1 Å². The van der Waals surface area contributed by atoms with E-state index in [0.717, 1.165) is 31.4 Å². The predicted octanol–water partition coefficient (Wildman–Crippen LogP) is 12.6. The molecule has 7 aromatic carbocycles. The van der Waals surface area contributed by atoms with Gasteiger partial charge < -0.3 is 9.80 Å². The number of benzene rings is 7. The van der Waals surface area contributed by atoms with Gasteiger partial charge in [-0.3, -0.25) is 0 Å². The summed E-state index contributed by atoms with van der Waals surface area (Å²) in [6, 6.07) is 55.6. The van der Waals surface area contributed by atoms with Crippen molar-refractivity contribution in [1.82, 2.24) is 0 Å². The van der Waals surface area contributed by atoms with E-state index in [2.05, 4.69) is 180 Å². The van der Waals surface area contributed by atoms with E-state index < -0.39 is 0 Å². The summed E-state index contributed by atoms with van der Waals surface area (Å²) in [5.74, 6) is 0. The topological polar surface area (TPSA) is 6.48 Å². The molecule has 2 aliphatic carbocycles. The highest BCUT2D eigenvalue weighted by atomic mass is 15.2. The van der Waals surface area contributed by atoms with Crippen molar-refractivity contribution in [3.63, 3.8) is 0 Å². The number of hydrogen-bond acceptors (Lipinski definition) is 2. The summed E-state index contributed by atoms with van der Waals surface area (Å²) < 4.78 is 0. The Hall–Kier alpha value is -5.86. The Balaban J connectivity index is 1.13. The molecule has 7 aromatic rings. The Morgan fingerprint density at radius 3 is 1.56 bits per heavy atom. The molecule has 0 aliphatic heterocycles. The molecule has 2 heteroatoms. The van der Waals surface area contributed by atoms with Crippen molar-refractivity contribution in [2.45, 2.75) is 25.7 Å². The maximum Gasteiger partial charge on any atom is 0.0540 e. The molecule has 0 saturated carbocycles. The Labute approximate surface area is 282 Å². The number of hydrogen-bond donors (Lipinski definition) is 0. The zero-order chi connectivity index (χ0) is 31.9. The lowest BCUT2D eigenvalue weighted by Gasteiger charge is -2.31. The summed E-state index contributed by atoms with van der Waals surface area (Å²) in [6.07, 6.45) is 11.1. The number of aryl methyl sites for hydroxylation is 2. The van der Waals surface area contributed by atoms with Crippen molar-refractivity contribution in [1.29, 1.82) is 0 Å². The van der Waals surface area contributed by atoms with Crippen LogP contribution in [0.1, 0.15) is 24.0 Å². The largest absolute Gasteiger partial charge is 0.310 e. The van der Waals surface area contributed by atoms with Gasteiger partial charge in [-0.2, -0.15) is 0 Å². The van der Waals surface area contributed by atoms with E-state index in [4.69, 9.17) is 0 Å². The van der Waals surface area contributed by atoms with Crippen molar-refractivity contribution in [2.24, 2.45) is 0 Å².